The molecule has 0 spiro atoms. The van der Waals surface area contributed by atoms with Crippen molar-refractivity contribution in [2.75, 3.05) is 33.8 Å². The molecular weight excluding hydrogens is 164 g/mol. The van der Waals surface area contributed by atoms with Crippen LogP contribution in [0, 0.1) is 5.92 Å². The van der Waals surface area contributed by atoms with Crippen LogP contribution in [0.4, 0.5) is 0 Å². The summed E-state index contributed by atoms with van der Waals surface area (Å²) >= 11 is 0. The van der Waals surface area contributed by atoms with E-state index in [1.807, 2.05) is 7.05 Å². The fourth-order valence-corrected chi connectivity index (χ4v) is 1.81. The molecule has 1 aliphatic rings. The Kier molecular flexibility index (Phi) is 4.70. The van der Waals surface area contributed by atoms with E-state index in [4.69, 9.17) is 5.11 Å². The third kappa shape index (κ3) is 3.63. The molecule has 13 heavy (non-hydrogen) atoms. The molecule has 78 valence electrons. The molecule has 0 radical (unpaired) electrons. The van der Waals surface area contributed by atoms with Crippen molar-refractivity contribution in [3.63, 3.8) is 0 Å². The Bertz CT molecular complexity index is 133. The normalized spacial score (nSPS) is 20.3. The van der Waals surface area contributed by atoms with Crippen molar-refractivity contribution in [3.05, 3.63) is 0 Å². The number of likely N-dealkylation sites (N-methyl/N-ethyl adjacent to an activating group) is 2. The summed E-state index contributed by atoms with van der Waals surface area (Å²) in [6, 6.07) is 0.227. The summed E-state index contributed by atoms with van der Waals surface area (Å²) in [5.41, 5.74) is 0. The third-order valence-electron chi connectivity index (χ3n) is 2.96. The maximum absolute atomic E-state index is 8.99. The third-order valence-corrected chi connectivity index (χ3v) is 2.96. The van der Waals surface area contributed by atoms with Gasteiger partial charge in [-0.2, -0.15) is 0 Å². The van der Waals surface area contributed by atoms with Crippen molar-refractivity contribution in [1.82, 2.24) is 10.2 Å². The number of rotatable bonds is 6. The molecular formula is C10H22N2O. The van der Waals surface area contributed by atoms with E-state index in [1.165, 1.54) is 25.8 Å². The van der Waals surface area contributed by atoms with Gasteiger partial charge >= 0.3 is 0 Å². The highest BCUT2D eigenvalue weighted by Crippen LogP contribution is 2.26. The van der Waals surface area contributed by atoms with Gasteiger partial charge in [-0.1, -0.05) is 6.42 Å². The van der Waals surface area contributed by atoms with Crippen LogP contribution in [-0.4, -0.2) is 49.8 Å². The predicted molar refractivity (Wildman–Crippen MR) is 54.8 cm³/mol. The van der Waals surface area contributed by atoms with E-state index in [2.05, 4.69) is 17.3 Å². The Morgan fingerprint density at radius 1 is 1.54 bits per heavy atom. The van der Waals surface area contributed by atoms with Crippen LogP contribution in [0.15, 0.2) is 0 Å². The highest BCUT2D eigenvalue weighted by atomic mass is 16.3. The van der Waals surface area contributed by atoms with Crippen LogP contribution in [0.2, 0.25) is 0 Å². The largest absolute Gasteiger partial charge is 0.395 e. The van der Waals surface area contributed by atoms with Crippen LogP contribution < -0.4 is 5.32 Å². The van der Waals surface area contributed by atoms with Gasteiger partial charge in [0.1, 0.15) is 0 Å². The zero-order valence-electron chi connectivity index (χ0n) is 8.79. The van der Waals surface area contributed by atoms with Crippen LogP contribution in [-0.2, 0) is 0 Å². The molecule has 0 saturated heterocycles. The molecule has 3 nitrogen and oxygen atoms in total. The molecule has 0 heterocycles. The molecule has 1 aliphatic carbocycles. The topological polar surface area (TPSA) is 35.5 Å². The van der Waals surface area contributed by atoms with Crippen LogP contribution in [0.1, 0.15) is 19.3 Å². The van der Waals surface area contributed by atoms with E-state index >= 15 is 0 Å². The fraction of sp³-hybridized carbons (Fsp3) is 1.00. The maximum Gasteiger partial charge on any atom is 0.0597 e. The predicted octanol–water partition coefficient (Wildman–Crippen LogP) is 0.299. The first-order valence-electron chi connectivity index (χ1n) is 5.23. The molecule has 2 N–H and O–H groups in total. The minimum absolute atomic E-state index is 0.227. The van der Waals surface area contributed by atoms with Gasteiger partial charge in [0.05, 0.1) is 6.61 Å². The quantitative estimate of drug-likeness (QED) is 0.626. The minimum atomic E-state index is 0.227. The van der Waals surface area contributed by atoms with E-state index in [9.17, 15) is 0 Å². The Hall–Kier alpha value is -0.120. The lowest BCUT2D eigenvalue weighted by Gasteiger charge is -2.31. The first kappa shape index (κ1) is 11.0. The highest BCUT2D eigenvalue weighted by molar-refractivity contribution is 4.75. The monoisotopic (exact) mass is 186 g/mol. The molecule has 1 rings (SSSR count). The van der Waals surface area contributed by atoms with Gasteiger partial charge in [0.25, 0.3) is 0 Å². The summed E-state index contributed by atoms with van der Waals surface area (Å²) in [7, 11) is 4.04. The smallest absolute Gasteiger partial charge is 0.0597 e. The first-order chi connectivity index (χ1) is 6.26. The molecule has 0 aromatic carbocycles. The van der Waals surface area contributed by atoms with Crippen LogP contribution >= 0.6 is 0 Å². The van der Waals surface area contributed by atoms with Crippen molar-refractivity contribution < 1.29 is 5.11 Å². The molecule has 0 amide bonds. The molecule has 1 fully saturated rings. The average Bonchev–Trinajstić information content (AvgIpc) is 2.07. The van der Waals surface area contributed by atoms with Gasteiger partial charge in [0, 0.05) is 19.1 Å². The number of hydrogen-bond donors (Lipinski definition) is 2. The van der Waals surface area contributed by atoms with E-state index in [0.717, 1.165) is 12.5 Å². The van der Waals surface area contributed by atoms with E-state index in [-0.39, 0.29) is 12.6 Å². The SMILES string of the molecule is CNC(CO)CN(C)CC1CCC1. The average molecular weight is 186 g/mol. The van der Waals surface area contributed by atoms with Gasteiger partial charge in [-0.25, -0.2) is 0 Å². The van der Waals surface area contributed by atoms with Gasteiger partial charge in [0.2, 0.25) is 0 Å². The molecule has 3 heteroatoms. The van der Waals surface area contributed by atoms with Crippen molar-refractivity contribution in [3.8, 4) is 0 Å². The van der Waals surface area contributed by atoms with Crippen molar-refractivity contribution in [2.45, 2.75) is 25.3 Å². The number of nitrogens with zero attached hydrogens (tertiary/aromatic N) is 1. The lowest BCUT2D eigenvalue weighted by Crippen LogP contribution is -2.42. The number of aliphatic hydroxyl groups excluding tert-OH is 1. The van der Waals surface area contributed by atoms with Gasteiger partial charge in [-0.05, 0) is 32.9 Å². The van der Waals surface area contributed by atoms with Crippen LogP contribution in [0.3, 0.4) is 0 Å². The second-order valence-electron chi connectivity index (χ2n) is 4.19. The maximum atomic E-state index is 8.99. The molecule has 0 aliphatic heterocycles. The highest BCUT2D eigenvalue weighted by Gasteiger charge is 2.19. The zero-order valence-corrected chi connectivity index (χ0v) is 8.79. The minimum Gasteiger partial charge on any atom is -0.395 e. The van der Waals surface area contributed by atoms with E-state index < -0.39 is 0 Å². The summed E-state index contributed by atoms with van der Waals surface area (Å²) < 4.78 is 0. The Balaban J connectivity index is 2.10. The zero-order chi connectivity index (χ0) is 9.68. The van der Waals surface area contributed by atoms with Crippen LogP contribution in [0.5, 0.6) is 0 Å². The molecule has 0 aromatic heterocycles. The second-order valence-corrected chi connectivity index (χ2v) is 4.19. The van der Waals surface area contributed by atoms with Crippen LogP contribution in [0.25, 0.3) is 0 Å². The molecule has 0 bridgehead atoms. The standard InChI is InChI=1S/C10H22N2O/c1-11-10(8-13)7-12(2)6-9-4-3-5-9/h9-11,13H,3-8H2,1-2H3. The van der Waals surface area contributed by atoms with Gasteiger partial charge < -0.3 is 15.3 Å². The van der Waals surface area contributed by atoms with Crippen molar-refractivity contribution >= 4 is 0 Å². The lowest BCUT2D eigenvalue weighted by atomic mass is 9.85. The van der Waals surface area contributed by atoms with E-state index in [0.29, 0.717) is 0 Å². The molecule has 0 aromatic rings. The second kappa shape index (κ2) is 5.58. The van der Waals surface area contributed by atoms with Gasteiger partial charge in [-0.15, -0.1) is 0 Å². The summed E-state index contributed by atoms with van der Waals surface area (Å²) in [4.78, 5) is 2.32. The number of aliphatic hydroxyl groups is 1. The van der Waals surface area contributed by atoms with Crippen molar-refractivity contribution in [2.24, 2.45) is 5.92 Å². The summed E-state index contributed by atoms with van der Waals surface area (Å²) in [6.45, 7) is 2.37. The molecule has 1 atom stereocenters. The number of nitrogens with one attached hydrogen (secondary N) is 1. The first-order valence-corrected chi connectivity index (χ1v) is 5.23. The summed E-state index contributed by atoms with van der Waals surface area (Å²) in [6.07, 6.45) is 4.20. The van der Waals surface area contributed by atoms with Crippen molar-refractivity contribution in [1.29, 1.82) is 0 Å². The Labute approximate surface area is 81.1 Å². The number of hydrogen-bond acceptors (Lipinski definition) is 3. The van der Waals surface area contributed by atoms with Gasteiger partial charge in [0.15, 0.2) is 0 Å². The Morgan fingerprint density at radius 2 is 2.23 bits per heavy atom. The molecule has 1 saturated carbocycles. The van der Waals surface area contributed by atoms with Gasteiger partial charge in [-0.3, -0.25) is 0 Å². The van der Waals surface area contributed by atoms with E-state index in [1.54, 1.807) is 0 Å². The summed E-state index contributed by atoms with van der Waals surface area (Å²) in [5.74, 6) is 0.918. The fourth-order valence-electron chi connectivity index (χ4n) is 1.81. The summed E-state index contributed by atoms with van der Waals surface area (Å²) in [5, 5.41) is 12.1. The molecule has 1 unspecified atom stereocenters. The lowest BCUT2D eigenvalue weighted by molar-refractivity contribution is 0.165. The Morgan fingerprint density at radius 3 is 2.62 bits per heavy atom.